The quantitative estimate of drug-likeness (QED) is 0.898. The molecule has 22 heavy (non-hydrogen) atoms. The average Bonchev–Trinajstić information content (AvgIpc) is 3.08. The lowest BCUT2D eigenvalue weighted by Gasteiger charge is -2.30. The van der Waals surface area contributed by atoms with Gasteiger partial charge in [0.05, 0.1) is 5.41 Å². The van der Waals surface area contributed by atoms with E-state index in [0.717, 1.165) is 24.0 Å². The molecule has 4 nitrogen and oxygen atoms in total. The third kappa shape index (κ3) is 2.50. The Morgan fingerprint density at radius 1 is 1.55 bits per heavy atom. The number of hydrogen-bond donors (Lipinski definition) is 2. The van der Waals surface area contributed by atoms with Crippen LogP contribution in [0.3, 0.4) is 0 Å². The third-order valence-electron chi connectivity index (χ3n) is 4.58. The van der Waals surface area contributed by atoms with Gasteiger partial charge in [-0.2, -0.15) is 0 Å². The van der Waals surface area contributed by atoms with E-state index < -0.39 is 5.41 Å². The van der Waals surface area contributed by atoms with Gasteiger partial charge in [0.1, 0.15) is 5.75 Å². The normalized spacial score (nSPS) is 23.3. The first-order valence-corrected chi connectivity index (χ1v) is 8.45. The first kappa shape index (κ1) is 15.0. The predicted octanol–water partition coefficient (Wildman–Crippen LogP) is 3.93. The van der Waals surface area contributed by atoms with E-state index in [0.29, 0.717) is 11.6 Å². The van der Waals surface area contributed by atoms with Crippen molar-refractivity contribution < 1.29 is 9.90 Å². The minimum absolute atomic E-state index is 0.0107. The van der Waals surface area contributed by atoms with Crippen molar-refractivity contribution in [2.75, 3.05) is 5.32 Å². The highest BCUT2D eigenvalue weighted by atomic mass is 32.1. The van der Waals surface area contributed by atoms with Gasteiger partial charge in [-0.1, -0.05) is 19.4 Å². The van der Waals surface area contributed by atoms with Crippen LogP contribution in [0.2, 0.25) is 0 Å². The van der Waals surface area contributed by atoms with Crippen molar-refractivity contribution in [3.05, 3.63) is 40.9 Å². The number of phenols is 1. The zero-order chi connectivity index (χ0) is 15.7. The Morgan fingerprint density at radius 3 is 3.05 bits per heavy atom. The molecular weight excluding hydrogens is 296 g/mol. The van der Waals surface area contributed by atoms with Crippen molar-refractivity contribution in [2.24, 2.45) is 5.41 Å². The van der Waals surface area contributed by atoms with Crippen LogP contribution < -0.4 is 5.32 Å². The van der Waals surface area contributed by atoms with Crippen LogP contribution >= 0.6 is 11.3 Å². The zero-order valence-corrected chi connectivity index (χ0v) is 13.6. The van der Waals surface area contributed by atoms with Crippen molar-refractivity contribution in [1.29, 1.82) is 0 Å². The summed E-state index contributed by atoms with van der Waals surface area (Å²) in [5, 5.41) is 15.2. The first-order valence-electron chi connectivity index (χ1n) is 7.57. The predicted molar refractivity (Wildman–Crippen MR) is 88.3 cm³/mol. The van der Waals surface area contributed by atoms with Gasteiger partial charge < -0.3 is 10.4 Å². The molecule has 5 heteroatoms. The minimum atomic E-state index is -0.502. The fraction of sp³-hybridized carbons (Fsp3) is 0.412. The summed E-state index contributed by atoms with van der Waals surface area (Å²) < 4.78 is 0. The molecule has 0 spiro atoms. The molecule has 1 heterocycles. The van der Waals surface area contributed by atoms with E-state index in [1.165, 1.54) is 11.3 Å². The second-order valence-electron chi connectivity index (χ2n) is 6.11. The summed E-state index contributed by atoms with van der Waals surface area (Å²) in [5.41, 5.74) is 1.77. The smallest absolute Gasteiger partial charge is 0.233 e. The molecule has 1 aromatic heterocycles. The molecule has 0 saturated carbocycles. The van der Waals surface area contributed by atoms with E-state index in [9.17, 15) is 9.90 Å². The number of rotatable bonds is 4. The van der Waals surface area contributed by atoms with Crippen LogP contribution in [0.1, 0.15) is 43.7 Å². The number of phenolic OH excluding ortho intramolecular Hbond substituents is 1. The second kappa shape index (κ2) is 5.72. The van der Waals surface area contributed by atoms with Crippen LogP contribution in [0.4, 0.5) is 5.13 Å². The third-order valence-corrected chi connectivity index (χ3v) is 5.27. The lowest BCUT2D eigenvalue weighted by molar-refractivity contribution is -0.125. The van der Waals surface area contributed by atoms with Crippen LogP contribution in [0.15, 0.2) is 29.8 Å². The molecule has 0 saturated heterocycles. The van der Waals surface area contributed by atoms with Crippen LogP contribution in [-0.4, -0.2) is 16.0 Å². The molecule has 1 aromatic carbocycles. The summed E-state index contributed by atoms with van der Waals surface area (Å²) in [6.45, 7) is 4.15. The molecule has 1 aliphatic carbocycles. The maximum Gasteiger partial charge on any atom is 0.233 e. The van der Waals surface area contributed by atoms with Crippen LogP contribution in [0.25, 0.3) is 0 Å². The van der Waals surface area contributed by atoms with E-state index in [1.54, 1.807) is 12.3 Å². The van der Waals surface area contributed by atoms with Crippen molar-refractivity contribution >= 4 is 22.4 Å². The van der Waals surface area contributed by atoms with Crippen LogP contribution in [-0.2, 0) is 11.2 Å². The van der Waals surface area contributed by atoms with Gasteiger partial charge in [-0.05, 0) is 48.9 Å². The average molecular weight is 316 g/mol. The van der Waals surface area contributed by atoms with Gasteiger partial charge in [-0.3, -0.25) is 4.79 Å². The van der Waals surface area contributed by atoms with Gasteiger partial charge in [-0.25, -0.2) is 4.98 Å². The molecule has 0 fully saturated rings. The summed E-state index contributed by atoms with van der Waals surface area (Å²) in [6.07, 6.45) is 4.32. The summed E-state index contributed by atoms with van der Waals surface area (Å²) in [6, 6.07) is 5.46. The summed E-state index contributed by atoms with van der Waals surface area (Å²) in [4.78, 5) is 17.0. The molecule has 2 aromatic rings. The molecule has 3 rings (SSSR count). The summed E-state index contributed by atoms with van der Waals surface area (Å²) in [7, 11) is 0. The molecule has 1 aliphatic rings. The van der Waals surface area contributed by atoms with Crippen molar-refractivity contribution in [3.8, 4) is 5.75 Å². The highest BCUT2D eigenvalue weighted by Crippen LogP contribution is 2.50. The number of fused-ring (bicyclic) bond motifs is 1. The lowest BCUT2D eigenvalue weighted by Crippen LogP contribution is -2.37. The van der Waals surface area contributed by atoms with E-state index in [-0.39, 0.29) is 17.6 Å². The molecular formula is C17H20N2O2S. The first-order chi connectivity index (χ1) is 10.5. The Balaban J connectivity index is 1.93. The Kier molecular flexibility index (Phi) is 3.91. The van der Waals surface area contributed by atoms with E-state index in [2.05, 4.69) is 17.2 Å². The van der Waals surface area contributed by atoms with Crippen molar-refractivity contribution in [2.45, 2.75) is 39.0 Å². The van der Waals surface area contributed by atoms with Gasteiger partial charge in [0.15, 0.2) is 5.13 Å². The van der Waals surface area contributed by atoms with E-state index >= 15 is 0 Å². The minimum Gasteiger partial charge on any atom is -0.508 e. The number of aromatic nitrogens is 1. The number of benzene rings is 1. The second-order valence-corrected chi connectivity index (χ2v) is 7.00. The Bertz CT molecular complexity index is 684. The summed E-state index contributed by atoms with van der Waals surface area (Å²) >= 11 is 1.43. The van der Waals surface area contributed by atoms with Gasteiger partial charge >= 0.3 is 0 Å². The van der Waals surface area contributed by atoms with Crippen LogP contribution in [0, 0.1) is 5.41 Å². The standard InChI is InChI=1S/C17H20N2O2S/c1-3-4-14-13-9-12(20)6-5-11(13)10-17(14,2)15(21)19-16-18-7-8-22-16/h5-9,14,20H,3-4,10H2,1-2H3,(H,18,19,21)/t14-,17-/m1/s1. The van der Waals surface area contributed by atoms with Crippen molar-refractivity contribution in [3.63, 3.8) is 0 Å². The van der Waals surface area contributed by atoms with Crippen molar-refractivity contribution in [1.82, 2.24) is 4.98 Å². The largest absolute Gasteiger partial charge is 0.508 e. The Labute approximate surface area is 134 Å². The fourth-order valence-electron chi connectivity index (χ4n) is 3.46. The lowest BCUT2D eigenvalue weighted by atomic mass is 9.75. The topological polar surface area (TPSA) is 62.2 Å². The van der Waals surface area contributed by atoms with E-state index in [1.807, 2.05) is 24.4 Å². The van der Waals surface area contributed by atoms with Gasteiger partial charge in [0, 0.05) is 11.6 Å². The highest BCUT2D eigenvalue weighted by molar-refractivity contribution is 7.13. The van der Waals surface area contributed by atoms with Gasteiger partial charge in [0.2, 0.25) is 5.91 Å². The highest BCUT2D eigenvalue weighted by Gasteiger charge is 2.47. The zero-order valence-electron chi connectivity index (χ0n) is 12.8. The van der Waals surface area contributed by atoms with E-state index in [4.69, 9.17) is 0 Å². The number of thiazole rings is 1. The SMILES string of the molecule is CCC[C@@H]1c2cc(O)ccc2C[C@@]1(C)C(=O)Nc1nccs1. The molecule has 0 aliphatic heterocycles. The number of aromatic hydroxyl groups is 1. The number of nitrogens with one attached hydrogen (secondary N) is 1. The Morgan fingerprint density at radius 2 is 2.36 bits per heavy atom. The number of nitrogens with zero attached hydrogens (tertiary/aromatic N) is 1. The molecule has 116 valence electrons. The number of anilines is 1. The van der Waals surface area contributed by atoms with Crippen LogP contribution in [0.5, 0.6) is 5.75 Å². The maximum atomic E-state index is 12.9. The number of hydrogen-bond acceptors (Lipinski definition) is 4. The number of amides is 1. The van der Waals surface area contributed by atoms with Gasteiger partial charge in [-0.15, -0.1) is 11.3 Å². The molecule has 1 amide bonds. The maximum absolute atomic E-state index is 12.9. The van der Waals surface area contributed by atoms with Gasteiger partial charge in [0.25, 0.3) is 0 Å². The molecule has 2 N–H and O–H groups in total. The number of carbonyl (C=O) groups excluding carboxylic acids is 1. The molecule has 0 radical (unpaired) electrons. The molecule has 2 atom stereocenters. The monoisotopic (exact) mass is 316 g/mol. The fourth-order valence-corrected chi connectivity index (χ4v) is 3.98. The Hall–Kier alpha value is -1.88. The summed E-state index contributed by atoms with van der Waals surface area (Å²) in [5.74, 6) is 0.403. The molecule has 0 bridgehead atoms. The number of carbonyl (C=O) groups is 1. The molecule has 0 unspecified atom stereocenters.